The first kappa shape index (κ1) is 13.2. The number of anilines is 1. The molecule has 0 atom stereocenters. The molecule has 0 unspecified atom stereocenters. The topological polar surface area (TPSA) is 43.4 Å². The van der Waals surface area contributed by atoms with Crippen molar-refractivity contribution in [1.82, 2.24) is 4.98 Å². The third kappa shape index (κ3) is 5.90. The Labute approximate surface area is 101 Å². The van der Waals surface area contributed by atoms with Crippen molar-refractivity contribution >= 4 is 17.3 Å². The molecule has 0 aromatic carbocycles. The van der Waals surface area contributed by atoms with Gasteiger partial charge in [0.05, 0.1) is 13.2 Å². The third-order valence-corrected chi connectivity index (χ3v) is 2.16. The van der Waals surface area contributed by atoms with Crippen molar-refractivity contribution in [2.75, 3.05) is 38.8 Å². The van der Waals surface area contributed by atoms with Gasteiger partial charge in [0.1, 0.15) is 5.15 Å². The highest BCUT2D eigenvalue weighted by molar-refractivity contribution is 6.29. The first-order valence-corrected chi connectivity index (χ1v) is 5.63. The summed E-state index contributed by atoms with van der Waals surface area (Å²) >= 11 is 5.75. The Hall–Kier alpha value is -0.840. The SMILES string of the molecule is COCCOCCCNc1ccnc(Cl)c1. The number of nitrogens with one attached hydrogen (secondary N) is 1. The van der Waals surface area contributed by atoms with Crippen molar-refractivity contribution in [3.63, 3.8) is 0 Å². The maximum atomic E-state index is 5.75. The van der Waals surface area contributed by atoms with Gasteiger partial charge in [0.15, 0.2) is 0 Å². The molecule has 0 aliphatic rings. The summed E-state index contributed by atoms with van der Waals surface area (Å²) in [5, 5.41) is 3.74. The number of rotatable bonds is 8. The smallest absolute Gasteiger partial charge is 0.131 e. The van der Waals surface area contributed by atoms with Crippen LogP contribution in [0.25, 0.3) is 0 Å². The fourth-order valence-corrected chi connectivity index (χ4v) is 1.34. The molecule has 1 aromatic rings. The Balaban J connectivity index is 2.03. The van der Waals surface area contributed by atoms with Crippen molar-refractivity contribution in [3.05, 3.63) is 23.5 Å². The van der Waals surface area contributed by atoms with E-state index in [0.29, 0.717) is 18.4 Å². The number of halogens is 1. The summed E-state index contributed by atoms with van der Waals surface area (Å²) in [5.74, 6) is 0. The maximum absolute atomic E-state index is 5.75. The second-order valence-electron chi connectivity index (χ2n) is 3.25. The van der Waals surface area contributed by atoms with Crippen LogP contribution in [-0.4, -0.2) is 38.5 Å². The summed E-state index contributed by atoms with van der Waals surface area (Å²) in [7, 11) is 1.66. The standard InChI is InChI=1S/C11H17ClN2O2/c1-15-7-8-16-6-2-4-13-10-3-5-14-11(12)9-10/h3,5,9H,2,4,6-8H2,1H3,(H,13,14). The maximum Gasteiger partial charge on any atom is 0.131 e. The number of hydrogen-bond acceptors (Lipinski definition) is 4. The fraction of sp³-hybridized carbons (Fsp3) is 0.545. The zero-order valence-electron chi connectivity index (χ0n) is 9.41. The van der Waals surface area contributed by atoms with Gasteiger partial charge in [0.2, 0.25) is 0 Å². The van der Waals surface area contributed by atoms with Crippen LogP contribution in [0.4, 0.5) is 5.69 Å². The minimum Gasteiger partial charge on any atom is -0.385 e. The molecule has 1 heterocycles. The summed E-state index contributed by atoms with van der Waals surface area (Å²) in [6.45, 7) is 2.88. The van der Waals surface area contributed by atoms with Gasteiger partial charge < -0.3 is 14.8 Å². The van der Waals surface area contributed by atoms with Gasteiger partial charge in [-0.3, -0.25) is 0 Å². The first-order chi connectivity index (χ1) is 7.83. The Morgan fingerprint density at radius 2 is 2.25 bits per heavy atom. The average Bonchev–Trinajstić information content (AvgIpc) is 2.28. The Bertz CT molecular complexity index is 297. The molecule has 0 radical (unpaired) electrons. The van der Waals surface area contributed by atoms with Crippen molar-refractivity contribution in [1.29, 1.82) is 0 Å². The van der Waals surface area contributed by atoms with Gasteiger partial charge in [0, 0.05) is 32.1 Å². The van der Waals surface area contributed by atoms with E-state index in [0.717, 1.165) is 25.3 Å². The van der Waals surface area contributed by atoms with Crippen LogP contribution in [-0.2, 0) is 9.47 Å². The molecular formula is C11H17ClN2O2. The van der Waals surface area contributed by atoms with Crippen LogP contribution in [0.3, 0.4) is 0 Å². The van der Waals surface area contributed by atoms with E-state index in [1.807, 2.05) is 6.07 Å². The molecule has 1 N–H and O–H groups in total. The highest BCUT2D eigenvalue weighted by Crippen LogP contribution is 2.11. The molecule has 0 saturated heterocycles. The van der Waals surface area contributed by atoms with Crippen LogP contribution < -0.4 is 5.32 Å². The third-order valence-electron chi connectivity index (χ3n) is 1.95. The van der Waals surface area contributed by atoms with Crippen molar-refractivity contribution < 1.29 is 9.47 Å². The van der Waals surface area contributed by atoms with E-state index in [4.69, 9.17) is 21.1 Å². The lowest BCUT2D eigenvalue weighted by Crippen LogP contribution is -2.08. The molecule has 1 rings (SSSR count). The van der Waals surface area contributed by atoms with Gasteiger partial charge in [-0.05, 0) is 18.6 Å². The Morgan fingerprint density at radius 1 is 1.38 bits per heavy atom. The van der Waals surface area contributed by atoms with Crippen LogP contribution in [0, 0.1) is 0 Å². The molecular weight excluding hydrogens is 228 g/mol. The molecule has 90 valence electrons. The quantitative estimate of drug-likeness (QED) is 0.563. The van der Waals surface area contributed by atoms with Gasteiger partial charge in [-0.25, -0.2) is 4.98 Å². The molecule has 4 nitrogen and oxygen atoms in total. The van der Waals surface area contributed by atoms with E-state index in [1.54, 1.807) is 19.4 Å². The van der Waals surface area contributed by atoms with E-state index >= 15 is 0 Å². The van der Waals surface area contributed by atoms with E-state index in [2.05, 4.69) is 10.3 Å². The second-order valence-corrected chi connectivity index (χ2v) is 3.64. The molecule has 0 aliphatic heterocycles. The number of pyridine rings is 1. The normalized spacial score (nSPS) is 10.4. The largest absolute Gasteiger partial charge is 0.385 e. The van der Waals surface area contributed by atoms with E-state index in [9.17, 15) is 0 Å². The number of hydrogen-bond donors (Lipinski definition) is 1. The monoisotopic (exact) mass is 244 g/mol. The summed E-state index contributed by atoms with van der Waals surface area (Å²) in [4.78, 5) is 3.90. The lowest BCUT2D eigenvalue weighted by Gasteiger charge is -2.06. The molecule has 16 heavy (non-hydrogen) atoms. The van der Waals surface area contributed by atoms with Crippen LogP contribution in [0.2, 0.25) is 5.15 Å². The van der Waals surface area contributed by atoms with Crippen molar-refractivity contribution in [3.8, 4) is 0 Å². The molecule has 1 aromatic heterocycles. The summed E-state index contributed by atoms with van der Waals surface area (Å²) in [6.07, 6.45) is 2.63. The van der Waals surface area contributed by atoms with Crippen LogP contribution in [0.15, 0.2) is 18.3 Å². The van der Waals surface area contributed by atoms with Gasteiger partial charge in [-0.1, -0.05) is 11.6 Å². The van der Waals surface area contributed by atoms with Gasteiger partial charge in [0.25, 0.3) is 0 Å². The van der Waals surface area contributed by atoms with Crippen molar-refractivity contribution in [2.24, 2.45) is 0 Å². The zero-order chi connectivity index (χ0) is 11.6. The van der Waals surface area contributed by atoms with Gasteiger partial charge in [-0.2, -0.15) is 0 Å². The fourth-order valence-electron chi connectivity index (χ4n) is 1.16. The predicted molar refractivity (Wildman–Crippen MR) is 65.0 cm³/mol. The highest BCUT2D eigenvalue weighted by Gasteiger charge is 1.94. The minimum atomic E-state index is 0.501. The molecule has 0 saturated carbocycles. The van der Waals surface area contributed by atoms with Crippen LogP contribution in [0.1, 0.15) is 6.42 Å². The molecule has 0 aliphatic carbocycles. The molecule has 0 bridgehead atoms. The molecule has 0 fully saturated rings. The number of aromatic nitrogens is 1. The van der Waals surface area contributed by atoms with Gasteiger partial charge in [-0.15, -0.1) is 0 Å². The van der Waals surface area contributed by atoms with Crippen LogP contribution >= 0.6 is 11.6 Å². The predicted octanol–water partition coefficient (Wildman–Crippen LogP) is 2.20. The number of nitrogens with zero attached hydrogens (tertiary/aromatic N) is 1. The zero-order valence-corrected chi connectivity index (χ0v) is 10.2. The first-order valence-electron chi connectivity index (χ1n) is 5.25. The summed E-state index contributed by atoms with van der Waals surface area (Å²) in [5.41, 5.74) is 0.983. The highest BCUT2D eigenvalue weighted by atomic mass is 35.5. The number of methoxy groups -OCH3 is 1. The molecule has 0 amide bonds. The lowest BCUT2D eigenvalue weighted by atomic mass is 10.4. The van der Waals surface area contributed by atoms with Crippen LogP contribution in [0.5, 0.6) is 0 Å². The number of ether oxygens (including phenoxy) is 2. The molecule has 5 heteroatoms. The second kappa shape index (κ2) is 8.33. The van der Waals surface area contributed by atoms with E-state index < -0.39 is 0 Å². The average molecular weight is 245 g/mol. The molecule has 0 spiro atoms. The van der Waals surface area contributed by atoms with E-state index in [-0.39, 0.29) is 0 Å². The Morgan fingerprint density at radius 3 is 3.00 bits per heavy atom. The van der Waals surface area contributed by atoms with E-state index in [1.165, 1.54) is 0 Å². The lowest BCUT2D eigenvalue weighted by molar-refractivity contribution is 0.0705. The summed E-state index contributed by atoms with van der Waals surface area (Å²) < 4.78 is 10.2. The Kier molecular flexibility index (Phi) is 6.88. The van der Waals surface area contributed by atoms with Crippen molar-refractivity contribution in [2.45, 2.75) is 6.42 Å². The minimum absolute atomic E-state index is 0.501. The van der Waals surface area contributed by atoms with Gasteiger partial charge >= 0.3 is 0 Å². The summed E-state index contributed by atoms with van der Waals surface area (Å²) in [6, 6.07) is 3.69.